The molecule has 2 aromatic heterocycles. The van der Waals surface area contributed by atoms with Gasteiger partial charge in [0.15, 0.2) is 4.96 Å². The maximum atomic E-state index is 4.55. The Kier molecular flexibility index (Phi) is 5.68. The third kappa shape index (κ3) is 4.10. The molecule has 0 saturated carbocycles. The Labute approximate surface area is 113 Å². The van der Waals surface area contributed by atoms with Gasteiger partial charge in [-0.05, 0) is 13.0 Å². The SMILES string of the molecule is CCCCCCCCNCc1cn2ccsc2n1. The number of hydrogen-bond acceptors (Lipinski definition) is 3. The number of unbranched alkanes of at least 4 members (excludes halogenated alkanes) is 5. The maximum absolute atomic E-state index is 4.55. The summed E-state index contributed by atoms with van der Waals surface area (Å²) in [7, 11) is 0. The number of fused-ring (bicyclic) bond motifs is 1. The molecular formula is C14H23N3S. The van der Waals surface area contributed by atoms with Gasteiger partial charge < -0.3 is 5.32 Å². The average Bonchev–Trinajstić information content (AvgIpc) is 2.93. The fourth-order valence-corrected chi connectivity index (χ4v) is 2.83. The highest BCUT2D eigenvalue weighted by Gasteiger charge is 2.01. The van der Waals surface area contributed by atoms with Crippen molar-refractivity contribution in [2.24, 2.45) is 0 Å². The van der Waals surface area contributed by atoms with E-state index in [-0.39, 0.29) is 0 Å². The normalized spacial score (nSPS) is 11.4. The molecule has 2 rings (SSSR count). The van der Waals surface area contributed by atoms with Crippen molar-refractivity contribution in [1.82, 2.24) is 14.7 Å². The van der Waals surface area contributed by atoms with E-state index in [1.54, 1.807) is 11.3 Å². The highest BCUT2D eigenvalue weighted by molar-refractivity contribution is 7.15. The van der Waals surface area contributed by atoms with Gasteiger partial charge in [0, 0.05) is 24.3 Å². The molecule has 0 radical (unpaired) electrons. The average molecular weight is 265 g/mol. The van der Waals surface area contributed by atoms with E-state index in [2.05, 4.69) is 39.4 Å². The predicted octanol–water partition coefficient (Wildman–Crippen LogP) is 3.85. The Morgan fingerprint density at radius 3 is 2.89 bits per heavy atom. The summed E-state index contributed by atoms with van der Waals surface area (Å²) in [5.74, 6) is 0. The first kappa shape index (κ1) is 13.6. The van der Waals surface area contributed by atoms with Crippen molar-refractivity contribution in [3.05, 3.63) is 23.5 Å². The van der Waals surface area contributed by atoms with Crippen molar-refractivity contribution in [2.75, 3.05) is 6.54 Å². The van der Waals surface area contributed by atoms with Gasteiger partial charge in [0.2, 0.25) is 0 Å². The molecule has 0 aliphatic heterocycles. The summed E-state index contributed by atoms with van der Waals surface area (Å²) in [5.41, 5.74) is 1.15. The molecule has 0 aromatic carbocycles. The fourth-order valence-electron chi connectivity index (χ4n) is 2.11. The van der Waals surface area contributed by atoms with Gasteiger partial charge in [-0.2, -0.15) is 0 Å². The molecule has 0 fully saturated rings. The smallest absolute Gasteiger partial charge is 0.193 e. The lowest BCUT2D eigenvalue weighted by atomic mass is 10.1. The number of thiazole rings is 1. The molecule has 1 N–H and O–H groups in total. The van der Waals surface area contributed by atoms with E-state index >= 15 is 0 Å². The van der Waals surface area contributed by atoms with Crippen LogP contribution in [0.15, 0.2) is 17.8 Å². The summed E-state index contributed by atoms with van der Waals surface area (Å²) in [4.78, 5) is 5.64. The number of nitrogens with zero attached hydrogens (tertiary/aromatic N) is 2. The van der Waals surface area contributed by atoms with Gasteiger partial charge >= 0.3 is 0 Å². The minimum atomic E-state index is 0.892. The van der Waals surface area contributed by atoms with Gasteiger partial charge in [0.1, 0.15) is 0 Å². The molecule has 0 amide bonds. The molecule has 0 aliphatic rings. The highest BCUT2D eigenvalue weighted by atomic mass is 32.1. The van der Waals surface area contributed by atoms with Crippen LogP contribution in [0, 0.1) is 0 Å². The summed E-state index contributed by atoms with van der Waals surface area (Å²) in [5, 5.41) is 5.54. The monoisotopic (exact) mass is 265 g/mol. The highest BCUT2D eigenvalue weighted by Crippen LogP contribution is 2.11. The Hall–Kier alpha value is -0.870. The van der Waals surface area contributed by atoms with E-state index in [9.17, 15) is 0 Å². The van der Waals surface area contributed by atoms with Crippen molar-refractivity contribution < 1.29 is 0 Å². The zero-order chi connectivity index (χ0) is 12.6. The summed E-state index contributed by atoms with van der Waals surface area (Å²) < 4.78 is 2.09. The zero-order valence-electron chi connectivity index (χ0n) is 11.2. The van der Waals surface area contributed by atoms with Gasteiger partial charge in [-0.25, -0.2) is 4.98 Å². The molecule has 2 aromatic rings. The molecular weight excluding hydrogens is 242 g/mol. The van der Waals surface area contributed by atoms with E-state index in [4.69, 9.17) is 0 Å². The van der Waals surface area contributed by atoms with Gasteiger partial charge in [0.05, 0.1) is 5.69 Å². The van der Waals surface area contributed by atoms with Gasteiger partial charge in [-0.3, -0.25) is 4.40 Å². The first-order valence-electron chi connectivity index (χ1n) is 7.02. The van der Waals surface area contributed by atoms with Crippen molar-refractivity contribution in [1.29, 1.82) is 0 Å². The van der Waals surface area contributed by atoms with Gasteiger partial charge in [-0.15, -0.1) is 11.3 Å². The second-order valence-electron chi connectivity index (χ2n) is 4.77. The summed E-state index contributed by atoms with van der Waals surface area (Å²) in [6, 6.07) is 0. The van der Waals surface area contributed by atoms with Crippen LogP contribution in [0.4, 0.5) is 0 Å². The molecule has 18 heavy (non-hydrogen) atoms. The van der Waals surface area contributed by atoms with Crippen molar-refractivity contribution in [3.8, 4) is 0 Å². The van der Waals surface area contributed by atoms with Crippen molar-refractivity contribution >= 4 is 16.3 Å². The molecule has 2 heterocycles. The fraction of sp³-hybridized carbons (Fsp3) is 0.643. The second-order valence-corrected chi connectivity index (χ2v) is 5.64. The summed E-state index contributed by atoms with van der Waals surface area (Å²) in [6.45, 7) is 4.26. The summed E-state index contributed by atoms with van der Waals surface area (Å²) in [6.07, 6.45) is 12.3. The van der Waals surface area contributed by atoms with E-state index in [1.807, 2.05) is 0 Å². The number of nitrogens with one attached hydrogen (secondary N) is 1. The predicted molar refractivity (Wildman–Crippen MR) is 78.2 cm³/mol. The van der Waals surface area contributed by atoms with Crippen molar-refractivity contribution in [2.45, 2.75) is 52.0 Å². The lowest BCUT2D eigenvalue weighted by molar-refractivity contribution is 0.570. The number of rotatable bonds is 9. The third-order valence-electron chi connectivity index (χ3n) is 3.16. The maximum Gasteiger partial charge on any atom is 0.193 e. The van der Waals surface area contributed by atoms with Crippen LogP contribution in [0.2, 0.25) is 0 Å². The number of hydrogen-bond donors (Lipinski definition) is 1. The molecule has 4 heteroatoms. The molecule has 3 nitrogen and oxygen atoms in total. The van der Waals surface area contributed by atoms with Crippen LogP contribution in [-0.2, 0) is 6.54 Å². The van der Waals surface area contributed by atoms with Crippen LogP contribution in [0.5, 0.6) is 0 Å². The largest absolute Gasteiger partial charge is 0.311 e. The molecule has 0 spiro atoms. The quantitative estimate of drug-likeness (QED) is 0.698. The van der Waals surface area contributed by atoms with Crippen LogP contribution >= 0.6 is 11.3 Å². The van der Waals surface area contributed by atoms with E-state index in [0.717, 1.165) is 23.7 Å². The van der Waals surface area contributed by atoms with Crippen molar-refractivity contribution in [3.63, 3.8) is 0 Å². The van der Waals surface area contributed by atoms with Gasteiger partial charge in [0.25, 0.3) is 0 Å². The molecule has 0 atom stereocenters. The van der Waals surface area contributed by atoms with E-state index < -0.39 is 0 Å². The lowest BCUT2D eigenvalue weighted by Gasteiger charge is -2.02. The van der Waals surface area contributed by atoms with Crippen LogP contribution in [0.1, 0.15) is 51.1 Å². The first-order chi connectivity index (χ1) is 8.90. The zero-order valence-corrected chi connectivity index (χ0v) is 12.0. The van der Waals surface area contributed by atoms with Crippen LogP contribution < -0.4 is 5.32 Å². The Morgan fingerprint density at radius 1 is 1.22 bits per heavy atom. The standard InChI is InChI=1S/C14H23N3S/c1-2-3-4-5-6-7-8-15-11-13-12-17-9-10-18-14(17)16-13/h9-10,12,15H,2-8,11H2,1H3. The number of imidazole rings is 1. The Balaban J connectivity index is 1.54. The molecule has 0 saturated heterocycles. The topological polar surface area (TPSA) is 29.3 Å². The van der Waals surface area contributed by atoms with Crippen LogP contribution in [0.25, 0.3) is 4.96 Å². The molecule has 0 unspecified atom stereocenters. The molecule has 0 bridgehead atoms. The third-order valence-corrected chi connectivity index (χ3v) is 3.93. The minimum Gasteiger partial charge on any atom is -0.311 e. The minimum absolute atomic E-state index is 0.892. The van der Waals surface area contributed by atoms with E-state index in [0.29, 0.717) is 0 Å². The summed E-state index contributed by atoms with van der Waals surface area (Å²) >= 11 is 1.69. The first-order valence-corrected chi connectivity index (χ1v) is 7.90. The van der Waals surface area contributed by atoms with Crippen LogP contribution in [0.3, 0.4) is 0 Å². The number of aromatic nitrogens is 2. The Bertz CT molecular complexity index is 418. The van der Waals surface area contributed by atoms with Gasteiger partial charge in [-0.1, -0.05) is 39.0 Å². The molecule has 0 aliphatic carbocycles. The second kappa shape index (κ2) is 7.54. The van der Waals surface area contributed by atoms with E-state index in [1.165, 1.54) is 38.5 Å². The molecule has 100 valence electrons. The van der Waals surface area contributed by atoms with Crippen LogP contribution in [-0.4, -0.2) is 15.9 Å². The lowest BCUT2D eigenvalue weighted by Crippen LogP contribution is -2.14. The Morgan fingerprint density at radius 2 is 2.06 bits per heavy atom.